The Morgan fingerprint density at radius 3 is 1.52 bits per heavy atom. The summed E-state index contributed by atoms with van der Waals surface area (Å²) in [4.78, 5) is 2.66. The van der Waals surface area contributed by atoms with Crippen LogP contribution >= 0.6 is 11.8 Å². The van der Waals surface area contributed by atoms with Crippen LogP contribution < -0.4 is 31.9 Å². The lowest BCUT2D eigenvalue weighted by Gasteiger charge is -2.46. The maximum Gasteiger partial charge on any atom is 0.106 e. The first-order valence-electron chi connectivity index (χ1n) is 23.4. The fourth-order valence-corrected chi connectivity index (χ4v) is 12.8. The molecule has 9 heteroatoms. The van der Waals surface area contributed by atoms with Crippen LogP contribution in [0, 0.1) is 28.1 Å². The molecule has 8 nitrogen and oxygen atoms in total. The molecule has 0 amide bonds. The number of ether oxygens (including phenoxy) is 1. The van der Waals surface area contributed by atoms with Gasteiger partial charge in [-0.05, 0) is 167 Å². The van der Waals surface area contributed by atoms with Crippen molar-refractivity contribution in [1.82, 2.24) is 36.8 Å². The Bertz CT molecular complexity index is 1070. The van der Waals surface area contributed by atoms with E-state index in [1.807, 2.05) is 0 Å². The summed E-state index contributed by atoms with van der Waals surface area (Å²) in [6.07, 6.45) is 23.2. The van der Waals surface area contributed by atoms with Gasteiger partial charge in [-0.3, -0.25) is 10.2 Å². The third-order valence-electron chi connectivity index (χ3n) is 16.0. The fourth-order valence-electron chi connectivity index (χ4n) is 11.6. The first kappa shape index (κ1) is 42.2. The molecule has 9 aliphatic heterocycles. The number of nitrogens with zero attached hydrogens (tertiary/aromatic N) is 1. The third-order valence-corrected chi connectivity index (χ3v) is 17.6. The zero-order valence-electron chi connectivity index (χ0n) is 35.8. The minimum Gasteiger partial charge on any atom is -0.356 e. The average molecular weight is 772 g/mol. The number of fused-ring (bicyclic) bond motifs is 3. The zero-order chi connectivity index (χ0) is 37.8. The van der Waals surface area contributed by atoms with Gasteiger partial charge in [-0.15, -0.1) is 0 Å². The highest BCUT2D eigenvalue weighted by Crippen LogP contribution is 2.51. The minimum absolute atomic E-state index is 0.277. The summed E-state index contributed by atoms with van der Waals surface area (Å²) in [5.74, 6) is 4.90. The number of thioether (sulfide) groups is 1. The van der Waals surface area contributed by atoms with Gasteiger partial charge in [-0.25, -0.2) is 0 Å². The average Bonchev–Trinajstić information content (AvgIpc) is 3.47. The van der Waals surface area contributed by atoms with Crippen molar-refractivity contribution in [2.45, 2.75) is 192 Å². The highest BCUT2D eigenvalue weighted by molar-refractivity contribution is 8.00. The van der Waals surface area contributed by atoms with Crippen molar-refractivity contribution in [1.29, 1.82) is 0 Å². The maximum absolute atomic E-state index is 5.67. The fraction of sp³-hybridized carbons (Fsp3) is 1.00. The van der Waals surface area contributed by atoms with E-state index < -0.39 is 0 Å². The van der Waals surface area contributed by atoms with Gasteiger partial charge < -0.3 is 31.3 Å². The maximum atomic E-state index is 5.67. The highest BCUT2D eigenvalue weighted by Gasteiger charge is 2.47. The Balaban J connectivity index is 0.000000100. The van der Waals surface area contributed by atoms with E-state index in [-0.39, 0.29) is 5.60 Å². The number of hydrogen-bond donors (Lipinski definition) is 6. The summed E-state index contributed by atoms with van der Waals surface area (Å²) < 4.78 is 5.67. The van der Waals surface area contributed by atoms with Crippen LogP contribution in [0.1, 0.15) is 144 Å². The Labute approximate surface area is 336 Å². The second kappa shape index (κ2) is 18.5. The van der Waals surface area contributed by atoms with Gasteiger partial charge in [0.05, 0.1) is 5.60 Å². The molecule has 13 fully saturated rings. The van der Waals surface area contributed by atoms with Crippen molar-refractivity contribution >= 4 is 11.8 Å². The summed E-state index contributed by atoms with van der Waals surface area (Å²) in [6.45, 7) is 23.6. The second-order valence-electron chi connectivity index (χ2n) is 21.2. The number of piperazine rings is 1. The van der Waals surface area contributed by atoms with Crippen molar-refractivity contribution in [2.24, 2.45) is 28.1 Å². The van der Waals surface area contributed by atoms with Crippen molar-refractivity contribution in [3.63, 3.8) is 0 Å². The SMILES string of the molecule is C[C@@H]1NCC2(CCC2)O1.C[C@@H]1NCC2CC1C2.C[C@H]1CC2(CC2)CN1.C[C@H]1CC2(CCC2)CN1.C[C@H]1CC2(CN1)CSC2.C[C@H]1CN2CCCCC2CN1. The monoisotopic (exact) mass is 772 g/mol. The molecule has 13 rings (SSSR count). The molecular formula is C45H85N7OS. The third kappa shape index (κ3) is 11.2. The number of nitrogens with one attached hydrogen (secondary N) is 6. The predicted octanol–water partition coefficient (Wildman–Crippen LogP) is 6.50. The largest absolute Gasteiger partial charge is 0.356 e. The molecule has 312 valence electrons. The van der Waals surface area contributed by atoms with Gasteiger partial charge in [-0.1, -0.05) is 12.8 Å². The van der Waals surface area contributed by atoms with Gasteiger partial charge in [0.1, 0.15) is 6.23 Å². The van der Waals surface area contributed by atoms with E-state index in [0.717, 1.165) is 64.8 Å². The van der Waals surface area contributed by atoms with E-state index in [1.165, 1.54) is 160 Å². The highest BCUT2D eigenvalue weighted by atomic mass is 32.2. The van der Waals surface area contributed by atoms with Gasteiger partial charge in [-0.2, -0.15) is 11.8 Å². The quantitative estimate of drug-likeness (QED) is 0.166. The van der Waals surface area contributed by atoms with E-state index in [4.69, 9.17) is 4.74 Å². The van der Waals surface area contributed by atoms with Crippen molar-refractivity contribution < 1.29 is 4.74 Å². The lowest BCUT2D eigenvalue weighted by atomic mass is 9.68. The topological polar surface area (TPSA) is 84.6 Å². The van der Waals surface area contributed by atoms with E-state index in [9.17, 15) is 0 Å². The number of hydrogen-bond acceptors (Lipinski definition) is 9. The lowest BCUT2D eigenvalue weighted by molar-refractivity contribution is -0.0803. The van der Waals surface area contributed by atoms with Gasteiger partial charge in [0, 0.05) is 92.4 Å². The molecule has 54 heavy (non-hydrogen) atoms. The molecule has 0 aromatic heterocycles. The molecule has 0 aromatic carbocycles. The second-order valence-corrected chi connectivity index (χ2v) is 22.2. The summed E-state index contributed by atoms with van der Waals surface area (Å²) in [7, 11) is 0. The van der Waals surface area contributed by atoms with Crippen LogP contribution in [-0.4, -0.2) is 117 Å². The molecular weight excluding hydrogens is 687 g/mol. The molecule has 4 aliphatic carbocycles. The molecule has 1 unspecified atom stereocenters. The minimum atomic E-state index is 0.277. The van der Waals surface area contributed by atoms with E-state index in [1.54, 1.807) is 0 Å². The molecule has 0 aromatic rings. The van der Waals surface area contributed by atoms with Gasteiger partial charge in [0.2, 0.25) is 0 Å². The standard InChI is InChI=1S/C9H18N2.C8H15N.C7H13NO.C7H13NS.2C7H13N/c1-8-7-11-5-3-2-4-9(11)6-10-8;1-7-5-8(6-9-7)3-2-4-8;1-6-8-5-7(9-6)3-2-4-7;1-6-2-7(3-8-6)4-9-5-7;1-5-7-2-6(3-7)4-8-5;1-6-4-7(2-3-7)5-8-6/h8-10H,2-7H2,1H3;7,9H,2-6H2,1H3;2*6,8H,2-5H2,1H3;5-8H,2-4H2,1H3;6,8H,2-5H2,1H3/t8-,9?;7-;2*6-;5-,6?,7?;6-/m001000/s1. The summed E-state index contributed by atoms with van der Waals surface area (Å²) in [5.41, 5.74) is 2.60. The first-order chi connectivity index (χ1) is 26.0. The van der Waals surface area contributed by atoms with Crippen LogP contribution in [0.25, 0.3) is 0 Å². The van der Waals surface area contributed by atoms with Crippen LogP contribution in [0.4, 0.5) is 0 Å². The van der Waals surface area contributed by atoms with Crippen molar-refractivity contribution in [2.75, 3.05) is 63.9 Å². The van der Waals surface area contributed by atoms with Crippen LogP contribution in [0.3, 0.4) is 0 Å². The summed E-state index contributed by atoms with van der Waals surface area (Å²) >= 11 is 2.10. The van der Waals surface area contributed by atoms with E-state index in [2.05, 4.69) is 90.1 Å². The van der Waals surface area contributed by atoms with Crippen molar-refractivity contribution in [3.8, 4) is 0 Å². The Kier molecular flexibility index (Phi) is 14.5. The lowest BCUT2D eigenvalue weighted by Crippen LogP contribution is -2.56. The van der Waals surface area contributed by atoms with Gasteiger partial charge in [0.15, 0.2) is 0 Å². The molecule has 9 heterocycles. The smallest absolute Gasteiger partial charge is 0.106 e. The molecule has 7 atom stereocenters. The molecule has 6 N–H and O–H groups in total. The van der Waals surface area contributed by atoms with E-state index >= 15 is 0 Å². The molecule has 2 bridgehead atoms. The molecule has 4 spiro atoms. The Morgan fingerprint density at radius 2 is 1.19 bits per heavy atom. The molecule has 4 saturated carbocycles. The van der Waals surface area contributed by atoms with E-state index in [0.29, 0.717) is 12.3 Å². The van der Waals surface area contributed by atoms with Crippen LogP contribution in [0.15, 0.2) is 0 Å². The zero-order valence-corrected chi connectivity index (χ0v) is 36.7. The summed E-state index contributed by atoms with van der Waals surface area (Å²) in [6, 6.07) is 4.78. The van der Waals surface area contributed by atoms with Crippen LogP contribution in [0.2, 0.25) is 0 Å². The summed E-state index contributed by atoms with van der Waals surface area (Å²) in [5, 5.41) is 20.8. The van der Waals surface area contributed by atoms with Crippen LogP contribution in [0.5, 0.6) is 0 Å². The Morgan fingerprint density at radius 1 is 0.574 bits per heavy atom. The van der Waals surface area contributed by atoms with Crippen LogP contribution in [-0.2, 0) is 4.74 Å². The molecule has 9 saturated heterocycles. The van der Waals surface area contributed by atoms with Gasteiger partial charge in [0.25, 0.3) is 0 Å². The normalized spacial score (nSPS) is 41.6. The number of piperidine rings is 3. The predicted molar refractivity (Wildman–Crippen MR) is 229 cm³/mol. The Hall–Kier alpha value is 0.0300. The molecule has 13 aliphatic rings. The number of rotatable bonds is 0. The van der Waals surface area contributed by atoms with Crippen molar-refractivity contribution in [3.05, 3.63) is 0 Å². The van der Waals surface area contributed by atoms with Gasteiger partial charge >= 0.3 is 0 Å². The first-order valence-corrected chi connectivity index (χ1v) is 24.5. The molecule has 0 radical (unpaired) electrons.